The van der Waals surface area contributed by atoms with E-state index < -0.39 is 0 Å². The van der Waals surface area contributed by atoms with Crippen LogP contribution in [0.4, 0.5) is 5.69 Å². The first-order valence-corrected chi connectivity index (χ1v) is 10.6. The number of carbonyl (C=O) groups is 2. The zero-order valence-electron chi connectivity index (χ0n) is 17.6. The second kappa shape index (κ2) is 7.33. The molecular weight excluding hydrogens is 360 g/mol. The van der Waals surface area contributed by atoms with Gasteiger partial charge in [0.2, 0.25) is 11.8 Å². The summed E-state index contributed by atoms with van der Waals surface area (Å²) in [5, 5.41) is 3.12. The third-order valence-corrected chi connectivity index (χ3v) is 6.26. The van der Waals surface area contributed by atoms with Crippen molar-refractivity contribution in [3.63, 3.8) is 0 Å². The van der Waals surface area contributed by atoms with Crippen LogP contribution in [0.15, 0.2) is 48.5 Å². The Labute approximate surface area is 173 Å². The molecule has 4 rings (SSSR count). The summed E-state index contributed by atoms with van der Waals surface area (Å²) in [5.41, 5.74) is 4.15. The highest BCUT2D eigenvalue weighted by molar-refractivity contribution is 5.95. The highest BCUT2D eigenvalue weighted by Gasteiger charge is 2.51. The van der Waals surface area contributed by atoms with Crippen LogP contribution in [0, 0.1) is 0 Å². The van der Waals surface area contributed by atoms with Gasteiger partial charge >= 0.3 is 0 Å². The maximum atomic E-state index is 12.9. The average Bonchev–Trinajstić information content (AvgIpc) is 3.41. The second-order valence-corrected chi connectivity index (χ2v) is 9.41. The van der Waals surface area contributed by atoms with Gasteiger partial charge in [0.25, 0.3) is 0 Å². The number of hydrogen-bond donors (Lipinski definition) is 1. The van der Waals surface area contributed by atoms with E-state index in [0.29, 0.717) is 13.0 Å². The Bertz CT molecular complexity index is 903. The lowest BCUT2D eigenvalue weighted by molar-refractivity contribution is -0.123. The molecule has 1 N–H and O–H groups in total. The van der Waals surface area contributed by atoms with E-state index in [4.69, 9.17) is 0 Å². The molecule has 2 amide bonds. The molecule has 1 saturated heterocycles. The minimum atomic E-state index is -0.363. The number of hydrogen-bond acceptors (Lipinski definition) is 2. The molecule has 2 aliphatic rings. The lowest BCUT2D eigenvalue weighted by Crippen LogP contribution is -2.34. The van der Waals surface area contributed by atoms with E-state index in [1.54, 1.807) is 0 Å². The van der Waals surface area contributed by atoms with Crippen molar-refractivity contribution < 1.29 is 9.59 Å². The number of rotatable bonds is 5. The lowest BCUT2D eigenvalue weighted by atomic mass is 9.85. The molecule has 4 nitrogen and oxygen atoms in total. The minimum Gasteiger partial charge on any atom is -0.351 e. The van der Waals surface area contributed by atoms with Crippen LogP contribution < -0.4 is 10.2 Å². The van der Waals surface area contributed by atoms with Crippen LogP contribution in [0.2, 0.25) is 0 Å². The maximum absolute atomic E-state index is 12.9. The number of carbonyl (C=O) groups excluding carboxylic acids is 2. The first-order valence-electron chi connectivity index (χ1n) is 10.6. The highest BCUT2D eigenvalue weighted by Crippen LogP contribution is 2.48. The summed E-state index contributed by atoms with van der Waals surface area (Å²) in [4.78, 5) is 26.6. The summed E-state index contributed by atoms with van der Waals surface area (Å²) >= 11 is 0. The Morgan fingerprint density at radius 2 is 1.69 bits per heavy atom. The van der Waals surface area contributed by atoms with Gasteiger partial charge in [-0.2, -0.15) is 0 Å². The number of benzene rings is 2. The summed E-state index contributed by atoms with van der Waals surface area (Å²) in [7, 11) is 0. The summed E-state index contributed by atoms with van der Waals surface area (Å²) in [6.07, 6.45) is 3.37. The van der Waals surface area contributed by atoms with E-state index in [0.717, 1.165) is 42.6 Å². The van der Waals surface area contributed by atoms with Gasteiger partial charge in [0.15, 0.2) is 0 Å². The average molecular weight is 391 g/mol. The van der Waals surface area contributed by atoms with Crippen LogP contribution in [0.25, 0.3) is 0 Å². The monoisotopic (exact) mass is 390 g/mol. The van der Waals surface area contributed by atoms with Crippen molar-refractivity contribution in [2.45, 2.75) is 63.8 Å². The van der Waals surface area contributed by atoms with Crippen LogP contribution in [-0.4, -0.2) is 18.4 Å². The van der Waals surface area contributed by atoms with E-state index in [-0.39, 0.29) is 22.6 Å². The van der Waals surface area contributed by atoms with Crippen LogP contribution in [0.1, 0.15) is 63.1 Å². The molecule has 1 saturated carbocycles. The first kappa shape index (κ1) is 19.7. The van der Waals surface area contributed by atoms with Gasteiger partial charge in [0.05, 0.1) is 5.41 Å². The van der Waals surface area contributed by atoms with E-state index in [1.807, 2.05) is 29.2 Å². The molecular formula is C25H30N2O2. The van der Waals surface area contributed by atoms with Crippen molar-refractivity contribution in [1.82, 2.24) is 5.32 Å². The first-order chi connectivity index (χ1) is 13.8. The molecule has 29 heavy (non-hydrogen) atoms. The normalized spacial score (nSPS) is 18.0. The standard InChI is InChI=1S/C25H30N2O2/c1-24(2,3)19-8-10-20(11-9-19)25(14-15-25)23(29)26-17-18-6-12-21(13-7-18)27-16-4-5-22(27)28/h6-13H,4-5,14-17H2,1-3H3,(H,26,29). The van der Waals surface area contributed by atoms with Crippen molar-refractivity contribution in [3.8, 4) is 0 Å². The van der Waals surface area contributed by atoms with Crippen LogP contribution in [-0.2, 0) is 27.0 Å². The van der Waals surface area contributed by atoms with Crippen molar-refractivity contribution >= 4 is 17.5 Å². The molecule has 4 heteroatoms. The third-order valence-electron chi connectivity index (χ3n) is 6.26. The Morgan fingerprint density at radius 3 is 2.21 bits per heavy atom. The van der Waals surface area contributed by atoms with Gasteiger partial charge in [-0.25, -0.2) is 0 Å². The number of anilines is 1. The fourth-order valence-electron chi connectivity index (χ4n) is 4.13. The zero-order chi connectivity index (χ0) is 20.6. The van der Waals surface area contributed by atoms with E-state index >= 15 is 0 Å². The summed E-state index contributed by atoms with van der Waals surface area (Å²) in [6.45, 7) is 7.91. The van der Waals surface area contributed by atoms with Gasteiger partial charge in [-0.1, -0.05) is 57.2 Å². The Kier molecular flexibility index (Phi) is 4.97. The molecule has 1 heterocycles. The second-order valence-electron chi connectivity index (χ2n) is 9.41. The third kappa shape index (κ3) is 3.93. The zero-order valence-corrected chi connectivity index (χ0v) is 17.6. The Balaban J connectivity index is 1.38. The van der Waals surface area contributed by atoms with Crippen LogP contribution in [0.5, 0.6) is 0 Å². The van der Waals surface area contributed by atoms with Crippen LogP contribution >= 0.6 is 0 Å². The smallest absolute Gasteiger partial charge is 0.230 e. The lowest BCUT2D eigenvalue weighted by Gasteiger charge is -2.21. The molecule has 0 radical (unpaired) electrons. The molecule has 152 valence electrons. The number of nitrogens with one attached hydrogen (secondary N) is 1. The largest absolute Gasteiger partial charge is 0.351 e. The minimum absolute atomic E-state index is 0.111. The predicted molar refractivity (Wildman–Crippen MR) is 116 cm³/mol. The van der Waals surface area contributed by atoms with Crippen molar-refractivity contribution in [2.75, 3.05) is 11.4 Å². The molecule has 0 bridgehead atoms. The Hall–Kier alpha value is -2.62. The number of amides is 2. The Morgan fingerprint density at radius 1 is 1.03 bits per heavy atom. The van der Waals surface area contributed by atoms with Crippen LogP contribution in [0.3, 0.4) is 0 Å². The topological polar surface area (TPSA) is 49.4 Å². The van der Waals surface area contributed by atoms with Crippen molar-refractivity contribution in [3.05, 3.63) is 65.2 Å². The predicted octanol–water partition coefficient (Wildman–Crippen LogP) is 4.46. The molecule has 1 aliphatic heterocycles. The molecule has 0 unspecified atom stereocenters. The highest BCUT2D eigenvalue weighted by atomic mass is 16.2. The molecule has 2 aromatic carbocycles. The van der Waals surface area contributed by atoms with Gasteiger partial charge < -0.3 is 10.2 Å². The molecule has 1 aliphatic carbocycles. The summed E-state index contributed by atoms with van der Waals surface area (Å²) < 4.78 is 0. The van der Waals surface area contributed by atoms with Gasteiger partial charge in [-0.05, 0) is 53.5 Å². The molecule has 0 aromatic heterocycles. The van der Waals surface area contributed by atoms with E-state index in [2.05, 4.69) is 50.4 Å². The van der Waals surface area contributed by atoms with Crippen molar-refractivity contribution in [2.24, 2.45) is 0 Å². The van der Waals surface area contributed by atoms with Gasteiger partial charge in [0.1, 0.15) is 0 Å². The van der Waals surface area contributed by atoms with Gasteiger partial charge in [-0.15, -0.1) is 0 Å². The van der Waals surface area contributed by atoms with E-state index in [9.17, 15) is 9.59 Å². The summed E-state index contributed by atoms with van der Waals surface area (Å²) in [6, 6.07) is 16.5. The SMILES string of the molecule is CC(C)(C)c1ccc(C2(C(=O)NCc3ccc(N4CCCC4=O)cc3)CC2)cc1. The maximum Gasteiger partial charge on any atom is 0.230 e. The molecule has 2 aromatic rings. The molecule has 0 spiro atoms. The van der Waals surface area contributed by atoms with E-state index in [1.165, 1.54) is 5.56 Å². The fraction of sp³-hybridized carbons (Fsp3) is 0.440. The quantitative estimate of drug-likeness (QED) is 0.819. The molecule has 2 fully saturated rings. The van der Waals surface area contributed by atoms with Gasteiger partial charge in [0, 0.05) is 25.2 Å². The fourth-order valence-corrected chi connectivity index (χ4v) is 4.13. The summed E-state index contributed by atoms with van der Waals surface area (Å²) in [5.74, 6) is 0.305. The number of nitrogens with zero attached hydrogens (tertiary/aromatic N) is 1. The van der Waals surface area contributed by atoms with Gasteiger partial charge in [-0.3, -0.25) is 9.59 Å². The molecule has 0 atom stereocenters. The van der Waals surface area contributed by atoms with Crippen molar-refractivity contribution in [1.29, 1.82) is 0 Å².